The van der Waals surface area contributed by atoms with E-state index in [2.05, 4.69) is 34.1 Å². The molecule has 0 aliphatic heterocycles. The van der Waals surface area contributed by atoms with Crippen LogP contribution in [0.3, 0.4) is 0 Å². The SMILES string of the molecule is Cc1ccc(-c2cc(N)n(-c3ccncn3)n2)cc1. The van der Waals surface area contributed by atoms with Crippen molar-refractivity contribution >= 4 is 5.82 Å². The van der Waals surface area contributed by atoms with Gasteiger partial charge < -0.3 is 5.73 Å². The minimum absolute atomic E-state index is 0.550. The second-order valence-electron chi connectivity index (χ2n) is 4.30. The van der Waals surface area contributed by atoms with Crippen molar-refractivity contribution in [1.29, 1.82) is 0 Å². The van der Waals surface area contributed by atoms with E-state index in [4.69, 9.17) is 5.73 Å². The van der Waals surface area contributed by atoms with Gasteiger partial charge in [0.05, 0.1) is 5.69 Å². The van der Waals surface area contributed by atoms with Crippen LogP contribution in [0, 0.1) is 6.92 Å². The summed E-state index contributed by atoms with van der Waals surface area (Å²) in [6, 6.07) is 11.8. The van der Waals surface area contributed by atoms with Gasteiger partial charge in [0.2, 0.25) is 0 Å². The van der Waals surface area contributed by atoms with Gasteiger partial charge in [-0.3, -0.25) is 0 Å². The first-order chi connectivity index (χ1) is 9.24. The zero-order valence-corrected chi connectivity index (χ0v) is 10.5. The second kappa shape index (κ2) is 4.53. The van der Waals surface area contributed by atoms with Crippen LogP contribution in [-0.4, -0.2) is 19.7 Å². The van der Waals surface area contributed by atoms with Gasteiger partial charge in [0.25, 0.3) is 0 Å². The van der Waals surface area contributed by atoms with Crippen LogP contribution in [0.4, 0.5) is 5.82 Å². The molecule has 2 N–H and O–H groups in total. The van der Waals surface area contributed by atoms with Crippen LogP contribution in [0.2, 0.25) is 0 Å². The highest BCUT2D eigenvalue weighted by atomic mass is 15.3. The highest BCUT2D eigenvalue weighted by molar-refractivity contribution is 5.63. The molecule has 2 aromatic heterocycles. The molecule has 0 unspecified atom stereocenters. The van der Waals surface area contributed by atoms with Gasteiger partial charge in [0.15, 0.2) is 5.82 Å². The minimum Gasteiger partial charge on any atom is -0.384 e. The van der Waals surface area contributed by atoms with Crippen molar-refractivity contribution in [3.8, 4) is 17.1 Å². The minimum atomic E-state index is 0.550. The van der Waals surface area contributed by atoms with Crippen LogP contribution in [0.25, 0.3) is 17.1 Å². The molecule has 94 valence electrons. The number of nitrogens with two attached hydrogens (primary N) is 1. The molecule has 5 nitrogen and oxygen atoms in total. The molecule has 2 heterocycles. The average molecular weight is 251 g/mol. The Labute approximate surface area is 110 Å². The standard InChI is InChI=1S/C14H13N5/c1-10-2-4-11(5-3-10)12-8-13(15)19(18-12)14-6-7-16-9-17-14/h2-9H,15H2,1H3. The third-order valence-corrected chi connectivity index (χ3v) is 2.87. The van der Waals surface area contributed by atoms with Crippen molar-refractivity contribution in [2.24, 2.45) is 0 Å². The third-order valence-electron chi connectivity index (χ3n) is 2.87. The van der Waals surface area contributed by atoms with Gasteiger partial charge in [-0.15, -0.1) is 0 Å². The maximum Gasteiger partial charge on any atom is 0.159 e. The summed E-state index contributed by atoms with van der Waals surface area (Å²) in [5, 5.41) is 4.48. The molecule has 0 saturated carbocycles. The van der Waals surface area contributed by atoms with Crippen LogP contribution >= 0.6 is 0 Å². The Morgan fingerprint density at radius 3 is 2.58 bits per heavy atom. The molecule has 0 fully saturated rings. The largest absolute Gasteiger partial charge is 0.384 e. The van der Waals surface area contributed by atoms with Crippen molar-refractivity contribution in [3.63, 3.8) is 0 Å². The summed E-state index contributed by atoms with van der Waals surface area (Å²) >= 11 is 0. The number of benzene rings is 1. The lowest BCUT2D eigenvalue weighted by Crippen LogP contribution is -2.03. The number of nitrogens with zero attached hydrogens (tertiary/aromatic N) is 4. The molecule has 3 rings (SSSR count). The molecule has 0 amide bonds. The number of aromatic nitrogens is 4. The van der Waals surface area contributed by atoms with E-state index < -0.39 is 0 Å². The number of aryl methyl sites for hydroxylation is 1. The number of hydrogen-bond donors (Lipinski definition) is 1. The molecule has 0 spiro atoms. The van der Waals surface area contributed by atoms with Gasteiger partial charge in [-0.1, -0.05) is 29.8 Å². The fraction of sp³-hybridized carbons (Fsp3) is 0.0714. The summed E-state index contributed by atoms with van der Waals surface area (Å²) in [4.78, 5) is 8.02. The fourth-order valence-corrected chi connectivity index (χ4v) is 1.85. The maximum absolute atomic E-state index is 5.98. The van der Waals surface area contributed by atoms with Crippen LogP contribution < -0.4 is 5.73 Å². The molecule has 5 heteroatoms. The van der Waals surface area contributed by atoms with Gasteiger partial charge in [-0.25, -0.2) is 9.97 Å². The van der Waals surface area contributed by atoms with E-state index in [0.717, 1.165) is 11.3 Å². The predicted molar refractivity (Wildman–Crippen MR) is 73.7 cm³/mol. The van der Waals surface area contributed by atoms with Crippen molar-refractivity contribution < 1.29 is 0 Å². The van der Waals surface area contributed by atoms with E-state index in [0.29, 0.717) is 11.6 Å². The summed E-state index contributed by atoms with van der Waals surface area (Å²) < 4.78 is 1.61. The zero-order chi connectivity index (χ0) is 13.2. The molecule has 0 aliphatic rings. The third kappa shape index (κ3) is 2.18. The topological polar surface area (TPSA) is 69.6 Å². The summed E-state index contributed by atoms with van der Waals surface area (Å²) in [5.41, 5.74) is 9.06. The molecule has 3 aromatic rings. The monoisotopic (exact) mass is 251 g/mol. The van der Waals surface area contributed by atoms with Gasteiger partial charge in [0.1, 0.15) is 12.1 Å². The first-order valence-corrected chi connectivity index (χ1v) is 5.93. The van der Waals surface area contributed by atoms with Gasteiger partial charge in [0, 0.05) is 23.9 Å². The zero-order valence-electron chi connectivity index (χ0n) is 10.5. The van der Waals surface area contributed by atoms with Crippen LogP contribution in [0.15, 0.2) is 48.9 Å². The van der Waals surface area contributed by atoms with Crippen molar-refractivity contribution in [3.05, 3.63) is 54.5 Å². The van der Waals surface area contributed by atoms with E-state index in [1.807, 2.05) is 18.2 Å². The van der Waals surface area contributed by atoms with E-state index in [1.165, 1.54) is 11.9 Å². The Morgan fingerprint density at radius 1 is 1.11 bits per heavy atom. The first kappa shape index (κ1) is 11.4. The lowest BCUT2D eigenvalue weighted by molar-refractivity contribution is 0.852. The second-order valence-corrected chi connectivity index (χ2v) is 4.30. The number of nitrogen functional groups attached to an aromatic ring is 1. The van der Waals surface area contributed by atoms with Crippen LogP contribution in [-0.2, 0) is 0 Å². The van der Waals surface area contributed by atoms with Crippen molar-refractivity contribution in [2.45, 2.75) is 6.92 Å². The Kier molecular flexibility index (Phi) is 2.72. The van der Waals surface area contributed by atoms with Gasteiger partial charge in [-0.2, -0.15) is 9.78 Å². The number of anilines is 1. The van der Waals surface area contributed by atoms with E-state index in [1.54, 1.807) is 16.9 Å². The summed E-state index contributed by atoms with van der Waals surface area (Å²) in [7, 11) is 0. The molecule has 0 radical (unpaired) electrons. The first-order valence-electron chi connectivity index (χ1n) is 5.93. The highest BCUT2D eigenvalue weighted by Crippen LogP contribution is 2.22. The molecule has 0 bridgehead atoms. The summed E-state index contributed by atoms with van der Waals surface area (Å²) in [5.74, 6) is 1.21. The lowest BCUT2D eigenvalue weighted by Gasteiger charge is -2.01. The highest BCUT2D eigenvalue weighted by Gasteiger charge is 2.09. The van der Waals surface area contributed by atoms with Gasteiger partial charge >= 0.3 is 0 Å². The Hall–Kier alpha value is -2.69. The van der Waals surface area contributed by atoms with E-state index in [-0.39, 0.29) is 0 Å². The molecule has 0 atom stereocenters. The van der Waals surface area contributed by atoms with Crippen molar-refractivity contribution in [1.82, 2.24) is 19.7 Å². The molecular formula is C14H13N5. The molecule has 0 aliphatic carbocycles. The van der Waals surface area contributed by atoms with Gasteiger partial charge in [-0.05, 0) is 6.92 Å². The smallest absolute Gasteiger partial charge is 0.159 e. The number of rotatable bonds is 2. The quantitative estimate of drug-likeness (QED) is 0.758. The van der Waals surface area contributed by atoms with E-state index >= 15 is 0 Å². The molecule has 19 heavy (non-hydrogen) atoms. The average Bonchev–Trinajstić information content (AvgIpc) is 2.83. The molecular weight excluding hydrogens is 238 g/mol. The summed E-state index contributed by atoms with van der Waals surface area (Å²) in [6.45, 7) is 2.05. The van der Waals surface area contributed by atoms with Crippen LogP contribution in [0.5, 0.6) is 0 Å². The Bertz CT molecular complexity index is 686. The number of hydrogen-bond acceptors (Lipinski definition) is 4. The lowest BCUT2D eigenvalue weighted by atomic mass is 10.1. The fourth-order valence-electron chi connectivity index (χ4n) is 1.85. The normalized spacial score (nSPS) is 10.6. The Morgan fingerprint density at radius 2 is 1.89 bits per heavy atom. The molecule has 1 aromatic carbocycles. The van der Waals surface area contributed by atoms with Crippen molar-refractivity contribution in [2.75, 3.05) is 5.73 Å². The molecule has 0 saturated heterocycles. The predicted octanol–water partition coefficient (Wildman–Crippen LogP) is 2.22. The van der Waals surface area contributed by atoms with Crippen LogP contribution in [0.1, 0.15) is 5.56 Å². The van der Waals surface area contributed by atoms with E-state index in [9.17, 15) is 0 Å². The summed E-state index contributed by atoms with van der Waals surface area (Å²) in [6.07, 6.45) is 3.14. The maximum atomic E-state index is 5.98. The Balaban J connectivity index is 2.04.